The van der Waals surface area contributed by atoms with Gasteiger partial charge < -0.3 is 18.9 Å². The van der Waals surface area contributed by atoms with Crippen LogP contribution in [0.4, 0.5) is 17.6 Å². The van der Waals surface area contributed by atoms with Crippen molar-refractivity contribution in [1.82, 2.24) is 0 Å². The van der Waals surface area contributed by atoms with Crippen molar-refractivity contribution < 1.29 is 46.1 Å². The van der Waals surface area contributed by atoms with E-state index >= 15 is 0 Å². The number of rotatable bonds is 13. The Morgan fingerprint density at radius 2 is 1.38 bits per heavy atom. The summed E-state index contributed by atoms with van der Waals surface area (Å²) in [5, 5.41) is 0. The molecule has 0 heterocycles. The molecule has 0 aliphatic rings. The van der Waals surface area contributed by atoms with Crippen molar-refractivity contribution in [3.63, 3.8) is 0 Å². The lowest BCUT2D eigenvalue weighted by Crippen LogP contribution is -2.17. The van der Waals surface area contributed by atoms with Crippen molar-refractivity contribution >= 4 is 11.9 Å². The van der Waals surface area contributed by atoms with Gasteiger partial charge in [-0.1, -0.05) is 24.3 Å². The largest absolute Gasteiger partial charge is 0.494 e. The summed E-state index contributed by atoms with van der Waals surface area (Å²) < 4.78 is 70.9. The van der Waals surface area contributed by atoms with Crippen LogP contribution in [0.5, 0.6) is 11.5 Å². The molecule has 3 aromatic carbocycles. The van der Waals surface area contributed by atoms with Crippen LogP contribution in [0.15, 0.2) is 66.7 Å². The zero-order valence-electron chi connectivity index (χ0n) is 22.1. The van der Waals surface area contributed by atoms with E-state index < -0.39 is 30.5 Å². The van der Waals surface area contributed by atoms with E-state index in [0.717, 1.165) is 17.2 Å². The predicted octanol–water partition coefficient (Wildman–Crippen LogP) is 7.41. The second kappa shape index (κ2) is 14.5. The summed E-state index contributed by atoms with van der Waals surface area (Å²) >= 11 is 0. The maximum Gasteiger partial charge on any atom is 0.411 e. The fraction of sp³-hybridized carbons (Fsp3) is 0.333. The molecule has 6 nitrogen and oxygen atoms in total. The normalized spacial score (nSPS) is 11.4. The maximum atomic E-state index is 14.4. The van der Waals surface area contributed by atoms with Crippen LogP contribution >= 0.6 is 0 Å². The number of ether oxygens (including phenoxy) is 4. The lowest BCUT2D eigenvalue weighted by Gasteiger charge is -2.10. The molecular weight excluding hydrogens is 532 g/mol. The van der Waals surface area contributed by atoms with Crippen molar-refractivity contribution in [3.8, 4) is 22.6 Å². The van der Waals surface area contributed by atoms with Gasteiger partial charge in [-0.05, 0) is 86.7 Å². The number of hydrogen-bond donors (Lipinski definition) is 0. The van der Waals surface area contributed by atoms with E-state index in [1.165, 1.54) is 12.1 Å². The summed E-state index contributed by atoms with van der Waals surface area (Å²) in [6, 6.07) is 17.4. The second-order valence-corrected chi connectivity index (χ2v) is 9.17. The number of unbranched alkanes of at least 4 members (excludes halogenated alkanes) is 2. The van der Waals surface area contributed by atoms with Crippen LogP contribution in [-0.4, -0.2) is 44.0 Å². The van der Waals surface area contributed by atoms with Crippen LogP contribution in [0.2, 0.25) is 0 Å². The molecule has 3 aromatic rings. The highest BCUT2D eigenvalue weighted by atomic mass is 19.4. The van der Waals surface area contributed by atoms with Crippen LogP contribution in [0, 0.1) is 5.82 Å². The van der Waals surface area contributed by atoms with Crippen molar-refractivity contribution in [2.24, 2.45) is 0 Å². The zero-order valence-corrected chi connectivity index (χ0v) is 22.1. The van der Waals surface area contributed by atoms with E-state index in [0.29, 0.717) is 31.6 Å². The lowest BCUT2D eigenvalue weighted by atomic mass is 10.0. The number of hydrogen-bond acceptors (Lipinski definition) is 6. The quantitative estimate of drug-likeness (QED) is 0.0936. The molecule has 0 spiro atoms. The summed E-state index contributed by atoms with van der Waals surface area (Å²) in [7, 11) is 0. The molecule has 0 N–H and O–H groups in total. The summed E-state index contributed by atoms with van der Waals surface area (Å²) in [5.74, 6) is -1.93. The average Bonchev–Trinajstić information content (AvgIpc) is 2.90. The molecule has 0 radical (unpaired) electrons. The minimum absolute atomic E-state index is 0.0141. The molecule has 0 atom stereocenters. The van der Waals surface area contributed by atoms with Crippen molar-refractivity contribution in [2.45, 2.75) is 45.4 Å². The van der Waals surface area contributed by atoms with Gasteiger partial charge in [0.05, 0.1) is 23.8 Å². The fourth-order valence-corrected chi connectivity index (χ4v) is 3.55. The van der Waals surface area contributed by atoms with Gasteiger partial charge in [0, 0.05) is 6.61 Å². The van der Waals surface area contributed by atoms with Gasteiger partial charge in [-0.15, -0.1) is 0 Å². The van der Waals surface area contributed by atoms with Crippen LogP contribution in [0.3, 0.4) is 0 Å². The highest BCUT2D eigenvalue weighted by Crippen LogP contribution is 2.25. The molecule has 0 aromatic heterocycles. The number of carbonyl (C=O) groups excluding carboxylic acids is 2. The summed E-state index contributed by atoms with van der Waals surface area (Å²) in [6.07, 6.45) is -2.75. The number of halogens is 4. The van der Waals surface area contributed by atoms with Crippen LogP contribution in [0.1, 0.15) is 53.8 Å². The van der Waals surface area contributed by atoms with Gasteiger partial charge in [-0.2, -0.15) is 13.2 Å². The van der Waals surface area contributed by atoms with Gasteiger partial charge in [-0.3, -0.25) is 0 Å². The molecule has 0 saturated heterocycles. The van der Waals surface area contributed by atoms with E-state index in [4.69, 9.17) is 14.2 Å². The molecule has 0 unspecified atom stereocenters. The molecule has 0 saturated carbocycles. The van der Waals surface area contributed by atoms with E-state index in [9.17, 15) is 27.2 Å². The monoisotopic (exact) mass is 562 g/mol. The summed E-state index contributed by atoms with van der Waals surface area (Å²) in [5.41, 5.74) is 1.94. The second-order valence-electron chi connectivity index (χ2n) is 9.17. The summed E-state index contributed by atoms with van der Waals surface area (Å²) in [4.78, 5) is 24.4. The third kappa shape index (κ3) is 10.00. The van der Waals surface area contributed by atoms with Crippen molar-refractivity contribution in [1.29, 1.82) is 0 Å². The third-order valence-electron chi connectivity index (χ3n) is 5.49. The molecule has 10 heteroatoms. The molecule has 3 rings (SSSR count). The van der Waals surface area contributed by atoms with E-state index in [-0.39, 0.29) is 29.6 Å². The Hall–Kier alpha value is -3.92. The first kappa shape index (κ1) is 30.6. The SMILES string of the molecule is CC(C)OC(=O)c1ccc(OC(=O)c2ccc(-c3ccc(OCCCCCOCC(F)(F)F)cc3)cc2)c(F)c1. The number of esters is 2. The molecule has 0 bridgehead atoms. The molecule has 0 fully saturated rings. The van der Waals surface area contributed by atoms with Crippen molar-refractivity contribution in [3.05, 3.63) is 83.7 Å². The number of carbonyl (C=O) groups is 2. The first-order valence-electron chi connectivity index (χ1n) is 12.7. The van der Waals surface area contributed by atoms with Crippen molar-refractivity contribution in [2.75, 3.05) is 19.8 Å². The Morgan fingerprint density at radius 3 is 1.98 bits per heavy atom. The zero-order chi connectivity index (χ0) is 29.1. The van der Waals surface area contributed by atoms with E-state index in [2.05, 4.69) is 4.74 Å². The van der Waals surface area contributed by atoms with Gasteiger partial charge in [0.25, 0.3) is 0 Å². The Balaban J connectivity index is 1.46. The van der Waals surface area contributed by atoms with Crippen LogP contribution in [0.25, 0.3) is 11.1 Å². The third-order valence-corrected chi connectivity index (χ3v) is 5.49. The fourth-order valence-electron chi connectivity index (χ4n) is 3.55. The first-order chi connectivity index (χ1) is 19.0. The first-order valence-corrected chi connectivity index (χ1v) is 12.7. The highest BCUT2D eigenvalue weighted by molar-refractivity contribution is 5.92. The molecule has 214 valence electrons. The predicted molar refractivity (Wildman–Crippen MR) is 140 cm³/mol. The molecule has 0 amide bonds. The van der Waals surface area contributed by atoms with Crippen LogP contribution in [-0.2, 0) is 9.47 Å². The molecule has 0 aliphatic carbocycles. The van der Waals surface area contributed by atoms with Gasteiger partial charge in [0.2, 0.25) is 0 Å². The Kier molecular flexibility index (Phi) is 11.1. The smallest absolute Gasteiger partial charge is 0.411 e. The summed E-state index contributed by atoms with van der Waals surface area (Å²) in [6.45, 7) is 2.63. The average molecular weight is 563 g/mol. The minimum Gasteiger partial charge on any atom is -0.494 e. The Labute approximate surface area is 229 Å². The molecule has 0 aliphatic heterocycles. The Bertz CT molecular complexity index is 1250. The minimum atomic E-state index is -4.30. The van der Waals surface area contributed by atoms with Gasteiger partial charge >= 0.3 is 18.1 Å². The highest BCUT2D eigenvalue weighted by Gasteiger charge is 2.27. The van der Waals surface area contributed by atoms with Gasteiger partial charge in [0.15, 0.2) is 11.6 Å². The standard InChI is InChI=1S/C30H30F4O6/c1-20(2)39-29(36)24-12-15-27(26(31)18-24)40-28(35)23-8-6-21(7-9-23)22-10-13-25(14-11-22)38-17-5-3-4-16-37-19-30(32,33)34/h6-15,18,20H,3-5,16-17,19H2,1-2H3. The topological polar surface area (TPSA) is 71.1 Å². The van der Waals surface area contributed by atoms with Gasteiger partial charge in [-0.25, -0.2) is 14.0 Å². The number of benzene rings is 3. The van der Waals surface area contributed by atoms with Crippen LogP contribution < -0.4 is 9.47 Å². The number of alkyl halides is 3. The maximum absolute atomic E-state index is 14.4. The Morgan fingerprint density at radius 1 is 0.775 bits per heavy atom. The molecular formula is C30H30F4O6. The lowest BCUT2D eigenvalue weighted by molar-refractivity contribution is -0.174. The van der Waals surface area contributed by atoms with Gasteiger partial charge in [0.1, 0.15) is 12.4 Å². The molecule has 40 heavy (non-hydrogen) atoms. The van der Waals surface area contributed by atoms with E-state index in [1.54, 1.807) is 50.2 Å². The van der Waals surface area contributed by atoms with E-state index in [1.807, 2.05) is 12.1 Å².